The standard InChI is InChI=1S/C7H10O5/c1-11-7-6(10)5(9)2-4(3-8)12-7/h2-3,5-7,9-10H,1H3. The number of aliphatic hydroxyl groups is 2. The van der Waals surface area contributed by atoms with Crippen molar-refractivity contribution in [3.63, 3.8) is 0 Å². The molecule has 0 aromatic heterocycles. The third-order valence-electron chi connectivity index (χ3n) is 1.56. The fourth-order valence-corrected chi connectivity index (χ4v) is 0.926. The summed E-state index contributed by atoms with van der Waals surface area (Å²) in [4.78, 5) is 10.2. The van der Waals surface area contributed by atoms with Crippen molar-refractivity contribution in [1.82, 2.24) is 0 Å². The number of ether oxygens (including phenoxy) is 2. The first-order valence-corrected chi connectivity index (χ1v) is 3.41. The topological polar surface area (TPSA) is 76.0 Å². The minimum atomic E-state index is -1.15. The van der Waals surface area contributed by atoms with Crippen molar-refractivity contribution >= 4 is 6.29 Å². The van der Waals surface area contributed by atoms with Gasteiger partial charge in [0.1, 0.15) is 12.2 Å². The average Bonchev–Trinajstić information content (AvgIpc) is 2.09. The van der Waals surface area contributed by atoms with E-state index in [1.54, 1.807) is 0 Å². The molecule has 0 saturated carbocycles. The lowest BCUT2D eigenvalue weighted by molar-refractivity contribution is -0.190. The first-order chi connectivity index (χ1) is 5.69. The van der Waals surface area contributed by atoms with Crippen molar-refractivity contribution in [1.29, 1.82) is 0 Å². The fourth-order valence-electron chi connectivity index (χ4n) is 0.926. The van der Waals surface area contributed by atoms with Gasteiger partial charge in [0.05, 0.1) is 0 Å². The summed E-state index contributed by atoms with van der Waals surface area (Å²) in [7, 11) is 1.31. The summed E-state index contributed by atoms with van der Waals surface area (Å²) in [6.45, 7) is 0. The molecule has 1 rings (SSSR count). The average molecular weight is 174 g/mol. The SMILES string of the molecule is COC1OC(C=O)=CC(O)C1O. The van der Waals surface area contributed by atoms with Gasteiger partial charge < -0.3 is 19.7 Å². The number of hydrogen-bond donors (Lipinski definition) is 2. The van der Waals surface area contributed by atoms with E-state index in [9.17, 15) is 9.90 Å². The molecular formula is C7H10O5. The van der Waals surface area contributed by atoms with Crippen molar-refractivity contribution < 1.29 is 24.5 Å². The van der Waals surface area contributed by atoms with Crippen LogP contribution in [0.1, 0.15) is 0 Å². The van der Waals surface area contributed by atoms with Crippen molar-refractivity contribution in [2.45, 2.75) is 18.5 Å². The second kappa shape index (κ2) is 3.66. The second-order valence-electron chi connectivity index (χ2n) is 2.39. The molecule has 0 radical (unpaired) electrons. The molecule has 0 aromatic rings. The van der Waals surface area contributed by atoms with E-state index in [-0.39, 0.29) is 5.76 Å². The van der Waals surface area contributed by atoms with Gasteiger partial charge >= 0.3 is 0 Å². The quantitative estimate of drug-likeness (QED) is 0.514. The maximum Gasteiger partial charge on any atom is 0.228 e. The highest BCUT2D eigenvalue weighted by atomic mass is 16.7. The molecule has 0 spiro atoms. The zero-order valence-corrected chi connectivity index (χ0v) is 6.51. The number of methoxy groups -OCH3 is 1. The van der Waals surface area contributed by atoms with E-state index in [0.29, 0.717) is 6.29 Å². The van der Waals surface area contributed by atoms with Crippen molar-refractivity contribution in [3.05, 3.63) is 11.8 Å². The van der Waals surface area contributed by atoms with Gasteiger partial charge in [0.25, 0.3) is 0 Å². The number of hydrogen-bond acceptors (Lipinski definition) is 5. The van der Waals surface area contributed by atoms with Crippen LogP contribution < -0.4 is 0 Å². The van der Waals surface area contributed by atoms with Gasteiger partial charge in [0, 0.05) is 7.11 Å². The van der Waals surface area contributed by atoms with E-state index in [1.165, 1.54) is 7.11 Å². The third-order valence-corrected chi connectivity index (χ3v) is 1.56. The van der Waals surface area contributed by atoms with Gasteiger partial charge in [-0.05, 0) is 6.08 Å². The highest BCUT2D eigenvalue weighted by molar-refractivity contribution is 5.70. The zero-order valence-electron chi connectivity index (χ0n) is 6.51. The molecule has 1 aliphatic heterocycles. The van der Waals surface area contributed by atoms with Gasteiger partial charge in [-0.15, -0.1) is 0 Å². The Bertz CT molecular complexity index is 200. The lowest BCUT2D eigenvalue weighted by Crippen LogP contribution is -2.42. The smallest absolute Gasteiger partial charge is 0.228 e. The molecule has 3 atom stereocenters. The fraction of sp³-hybridized carbons (Fsp3) is 0.571. The molecule has 1 heterocycles. The summed E-state index contributed by atoms with van der Waals surface area (Å²) in [5, 5.41) is 18.3. The summed E-state index contributed by atoms with van der Waals surface area (Å²) in [6, 6.07) is 0. The Labute approximate surface area is 69.2 Å². The van der Waals surface area contributed by atoms with Crippen LogP contribution in [0.15, 0.2) is 11.8 Å². The van der Waals surface area contributed by atoms with Crippen LogP contribution in [-0.4, -0.2) is 42.1 Å². The van der Waals surface area contributed by atoms with Crippen LogP contribution >= 0.6 is 0 Å². The van der Waals surface area contributed by atoms with Gasteiger partial charge in [-0.3, -0.25) is 4.79 Å². The molecular weight excluding hydrogens is 164 g/mol. The van der Waals surface area contributed by atoms with E-state index in [2.05, 4.69) is 4.74 Å². The van der Waals surface area contributed by atoms with Crippen molar-refractivity contribution in [2.75, 3.05) is 7.11 Å². The normalized spacial score (nSPS) is 35.2. The molecule has 0 saturated heterocycles. The lowest BCUT2D eigenvalue weighted by atomic mass is 10.1. The molecule has 0 amide bonds. The minimum absolute atomic E-state index is 0.0281. The number of allylic oxidation sites excluding steroid dienone is 1. The van der Waals surface area contributed by atoms with Crippen LogP contribution in [0, 0.1) is 0 Å². The number of aliphatic hydroxyl groups excluding tert-OH is 2. The van der Waals surface area contributed by atoms with Gasteiger partial charge in [-0.25, -0.2) is 0 Å². The van der Waals surface area contributed by atoms with Crippen LogP contribution in [0.4, 0.5) is 0 Å². The Balaban J connectivity index is 2.75. The van der Waals surface area contributed by atoms with Crippen LogP contribution in [0.3, 0.4) is 0 Å². The maximum absolute atomic E-state index is 10.2. The molecule has 0 bridgehead atoms. The Morgan fingerprint density at radius 1 is 1.67 bits per heavy atom. The van der Waals surface area contributed by atoms with Crippen LogP contribution in [-0.2, 0) is 14.3 Å². The number of carbonyl (C=O) groups excluding carboxylic acids is 1. The van der Waals surface area contributed by atoms with Crippen LogP contribution in [0.2, 0.25) is 0 Å². The van der Waals surface area contributed by atoms with Gasteiger partial charge in [0.2, 0.25) is 6.29 Å². The number of aldehydes is 1. The summed E-state index contributed by atoms with van der Waals surface area (Å²) in [5.74, 6) is -0.0281. The largest absolute Gasteiger partial charge is 0.459 e. The van der Waals surface area contributed by atoms with E-state index < -0.39 is 18.5 Å². The highest BCUT2D eigenvalue weighted by Gasteiger charge is 2.31. The minimum Gasteiger partial charge on any atom is -0.459 e. The van der Waals surface area contributed by atoms with Crippen molar-refractivity contribution in [3.8, 4) is 0 Å². The van der Waals surface area contributed by atoms with Crippen LogP contribution in [0.5, 0.6) is 0 Å². The molecule has 1 aliphatic rings. The molecule has 5 nitrogen and oxygen atoms in total. The molecule has 0 fully saturated rings. The van der Waals surface area contributed by atoms with E-state index in [0.717, 1.165) is 6.08 Å². The third kappa shape index (κ3) is 1.63. The molecule has 0 aliphatic carbocycles. The summed E-state index contributed by atoms with van der Waals surface area (Å²) < 4.78 is 9.50. The Kier molecular flexibility index (Phi) is 2.80. The molecule has 5 heteroatoms. The van der Waals surface area contributed by atoms with Gasteiger partial charge in [-0.1, -0.05) is 0 Å². The first-order valence-electron chi connectivity index (χ1n) is 3.41. The molecule has 12 heavy (non-hydrogen) atoms. The summed E-state index contributed by atoms with van der Waals surface area (Å²) >= 11 is 0. The maximum atomic E-state index is 10.2. The van der Waals surface area contributed by atoms with Crippen LogP contribution in [0.25, 0.3) is 0 Å². The summed E-state index contributed by atoms with van der Waals surface area (Å²) in [6.07, 6.45) is -1.68. The molecule has 0 aromatic carbocycles. The zero-order chi connectivity index (χ0) is 9.14. The molecule has 2 N–H and O–H groups in total. The van der Waals surface area contributed by atoms with Crippen molar-refractivity contribution in [2.24, 2.45) is 0 Å². The number of rotatable bonds is 2. The Hall–Kier alpha value is -0.910. The first kappa shape index (κ1) is 9.18. The highest BCUT2D eigenvalue weighted by Crippen LogP contribution is 2.16. The van der Waals surface area contributed by atoms with E-state index in [4.69, 9.17) is 9.84 Å². The Morgan fingerprint density at radius 3 is 2.83 bits per heavy atom. The monoisotopic (exact) mass is 174 g/mol. The van der Waals surface area contributed by atoms with Gasteiger partial charge in [0.15, 0.2) is 12.0 Å². The molecule has 3 unspecified atom stereocenters. The van der Waals surface area contributed by atoms with E-state index >= 15 is 0 Å². The van der Waals surface area contributed by atoms with E-state index in [1.807, 2.05) is 0 Å². The van der Waals surface area contributed by atoms with Gasteiger partial charge in [-0.2, -0.15) is 0 Å². The predicted octanol–water partition coefficient (Wildman–Crippen LogP) is -1.21. The summed E-state index contributed by atoms with van der Waals surface area (Å²) in [5.41, 5.74) is 0. The number of carbonyl (C=O) groups is 1. The predicted molar refractivity (Wildman–Crippen MR) is 38.0 cm³/mol. The molecule has 68 valence electrons. The lowest BCUT2D eigenvalue weighted by Gasteiger charge is -2.28. The Morgan fingerprint density at radius 2 is 2.33 bits per heavy atom. The second-order valence-corrected chi connectivity index (χ2v) is 2.39.